The maximum absolute atomic E-state index is 12.5. The van der Waals surface area contributed by atoms with Crippen LogP contribution in [-0.4, -0.2) is 46.3 Å². The average Bonchev–Trinajstić information content (AvgIpc) is 2.78. The van der Waals surface area contributed by atoms with Gasteiger partial charge < -0.3 is 15.4 Å². The van der Waals surface area contributed by atoms with Gasteiger partial charge in [-0.05, 0) is 19.8 Å². The first kappa shape index (κ1) is 14.4. The minimum absolute atomic E-state index is 0.184. The number of aryl methyl sites for hydroxylation is 1. The summed E-state index contributed by atoms with van der Waals surface area (Å²) in [6, 6.07) is 0. The molecule has 0 saturated carbocycles. The lowest BCUT2D eigenvalue weighted by atomic mass is 9.98. The van der Waals surface area contributed by atoms with Gasteiger partial charge >= 0.3 is 5.97 Å². The van der Waals surface area contributed by atoms with Crippen LogP contribution in [0, 0.1) is 5.92 Å². The molecule has 0 bridgehead atoms. The summed E-state index contributed by atoms with van der Waals surface area (Å²) in [5.74, 6) is -0.665. The topological polar surface area (TPSA) is 90.4 Å². The highest BCUT2D eigenvalue weighted by atomic mass is 16.5. The SMILES string of the molecule is CCOC(=O)C1CCCN(C(=O)c2c(N)cnn2C)C1. The van der Waals surface area contributed by atoms with Gasteiger partial charge in [-0.3, -0.25) is 14.3 Å². The molecule has 110 valence electrons. The van der Waals surface area contributed by atoms with Gasteiger partial charge in [0.2, 0.25) is 0 Å². The van der Waals surface area contributed by atoms with Crippen LogP contribution in [0.1, 0.15) is 30.3 Å². The molecular weight excluding hydrogens is 260 g/mol. The largest absolute Gasteiger partial charge is 0.466 e. The molecule has 1 aromatic heterocycles. The number of nitrogen functional groups attached to an aromatic ring is 1. The Hall–Kier alpha value is -2.05. The second kappa shape index (κ2) is 5.94. The molecule has 1 fully saturated rings. The van der Waals surface area contributed by atoms with Crippen molar-refractivity contribution in [3.63, 3.8) is 0 Å². The van der Waals surface area contributed by atoms with Gasteiger partial charge in [0.25, 0.3) is 5.91 Å². The number of piperidine rings is 1. The Morgan fingerprint density at radius 3 is 2.90 bits per heavy atom. The minimum atomic E-state index is -0.248. The third kappa shape index (κ3) is 2.76. The summed E-state index contributed by atoms with van der Waals surface area (Å²) in [4.78, 5) is 25.9. The number of carbonyl (C=O) groups is 2. The molecule has 0 aliphatic carbocycles. The maximum atomic E-state index is 12.5. The molecule has 7 nitrogen and oxygen atoms in total. The maximum Gasteiger partial charge on any atom is 0.310 e. The van der Waals surface area contributed by atoms with E-state index in [2.05, 4.69) is 5.10 Å². The summed E-state index contributed by atoms with van der Waals surface area (Å²) < 4.78 is 6.49. The van der Waals surface area contributed by atoms with Gasteiger partial charge in [0.05, 0.1) is 24.4 Å². The van der Waals surface area contributed by atoms with E-state index in [4.69, 9.17) is 10.5 Å². The quantitative estimate of drug-likeness (QED) is 0.810. The van der Waals surface area contributed by atoms with Gasteiger partial charge in [0, 0.05) is 20.1 Å². The number of carbonyl (C=O) groups excluding carboxylic acids is 2. The molecule has 7 heteroatoms. The number of esters is 1. The molecule has 2 rings (SSSR count). The van der Waals surface area contributed by atoms with Crippen molar-refractivity contribution in [3.8, 4) is 0 Å². The standard InChI is InChI=1S/C13H20N4O3/c1-3-20-13(19)9-5-4-6-17(8-9)12(18)11-10(14)7-15-16(11)2/h7,9H,3-6,8,14H2,1-2H3. The number of rotatable bonds is 3. The van der Waals surface area contributed by atoms with Gasteiger partial charge in [-0.2, -0.15) is 5.10 Å². The van der Waals surface area contributed by atoms with Gasteiger partial charge in [0.15, 0.2) is 0 Å². The van der Waals surface area contributed by atoms with E-state index in [1.165, 1.54) is 10.9 Å². The number of amides is 1. The van der Waals surface area contributed by atoms with Crippen molar-refractivity contribution in [2.75, 3.05) is 25.4 Å². The third-order valence-corrected chi connectivity index (χ3v) is 3.50. The number of likely N-dealkylation sites (tertiary alicyclic amines) is 1. The van der Waals surface area contributed by atoms with Crippen LogP contribution in [0.15, 0.2) is 6.20 Å². The van der Waals surface area contributed by atoms with Crippen molar-refractivity contribution in [1.82, 2.24) is 14.7 Å². The normalized spacial score (nSPS) is 18.9. The van der Waals surface area contributed by atoms with Crippen molar-refractivity contribution >= 4 is 17.6 Å². The zero-order chi connectivity index (χ0) is 14.7. The van der Waals surface area contributed by atoms with E-state index in [1.54, 1.807) is 18.9 Å². The number of ether oxygens (including phenoxy) is 1. The van der Waals surface area contributed by atoms with E-state index < -0.39 is 0 Å². The molecule has 1 aliphatic heterocycles. The first-order chi connectivity index (χ1) is 9.54. The van der Waals surface area contributed by atoms with Gasteiger partial charge in [-0.15, -0.1) is 0 Å². The van der Waals surface area contributed by atoms with E-state index in [9.17, 15) is 9.59 Å². The molecule has 2 heterocycles. The fourth-order valence-electron chi connectivity index (χ4n) is 2.48. The summed E-state index contributed by atoms with van der Waals surface area (Å²) in [5.41, 5.74) is 6.50. The summed E-state index contributed by atoms with van der Waals surface area (Å²) in [5, 5.41) is 3.97. The Morgan fingerprint density at radius 1 is 1.55 bits per heavy atom. The Bertz CT molecular complexity index is 492. The van der Waals surface area contributed by atoms with Crippen LogP contribution in [0.2, 0.25) is 0 Å². The van der Waals surface area contributed by atoms with Crippen LogP contribution in [0.5, 0.6) is 0 Å². The highest BCUT2D eigenvalue weighted by Crippen LogP contribution is 2.21. The Labute approximate surface area is 117 Å². The van der Waals surface area contributed by atoms with Gasteiger partial charge in [-0.1, -0.05) is 0 Å². The number of aromatic nitrogens is 2. The zero-order valence-electron chi connectivity index (χ0n) is 11.8. The van der Waals surface area contributed by atoms with Crippen molar-refractivity contribution in [3.05, 3.63) is 11.9 Å². The number of nitrogens with two attached hydrogens (primary N) is 1. The van der Waals surface area contributed by atoms with Gasteiger partial charge in [-0.25, -0.2) is 0 Å². The fraction of sp³-hybridized carbons (Fsp3) is 0.615. The van der Waals surface area contributed by atoms with Crippen LogP contribution >= 0.6 is 0 Å². The predicted octanol–water partition coefficient (Wildman–Crippen LogP) is 0.418. The minimum Gasteiger partial charge on any atom is -0.466 e. The van der Waals surface area contributed by atoms with E-state index >= 15 is 0 Å². The highest BCUT2D eigenvalue weighted by molar-refractivity contribution is 5.97. The molecule has 0 aromatic carbocycles. The summed E-state index contributed by atoms with van der Waals surface area (Å²) in [6.07, 6.45) is 3.00. The summed E-state index contributed by atoms with van der Waals surface area (Å²) >= 11 is 0. The van der Waals surface area contributed by atoms with Crippen molar-refractivity contribution in [2.45, 2.75) is 19.8 Å². The Balaban J connectivity index is 2.09. The molecule has 0 spiro atoms. The van der Waals surface area contributed by atoms with E-state index in [0.29, 0.717) is 31.1 Å². The van der Waals surface area contributed by atoms with Crippen LogP contribution < -0.4 is 5.73 Å². The number of hydrogen-bond donors (Lipinski definition) is 1. The summed E-state index contributed by atoms with van der Waals surface area (Å²) in [6.45, 7) is 3.14. The lowest BCUT2D eigenvalue weighted by molar-refractivity contribution is -0.149. The van der Waals surface area contributed by atoms with Crippen LogP contribution in [0.3, 0.4) is 0 Å². The zero-order valence-corrected chi connectivity index (χ0v) is 11.8. The molecule has 1 amide bonds. The van der Waals surface area contributed by atoms with Crippen molar-refractivity contribution < 1.29 is 14.3 Å². The first-order valence-corrected chi connectivity index (χ1v) is 6.78. The van der Waals surface area contributed by atoms with E-state index in [-0.39, 0.29) is 17.8 Å². The monoisotopic (exact) mass is 280 g/mol. The number of nitrogens with zero attached hydrogens (tertiary/aromatic N) is 3. The van der Waals surface area contributed by atoms with Crippen LogP contribution in [0.4, 0.5) is 5.69 Å². The molecule has 1 aliphatic rings. The molecule has 2 N–H and O–H groups in total. The number of hydrogen-bond acceptors (Lipinski definition) is 5. The molecule has 1 atom stereocenters. The second-order valence-electron chi connectivity index (χ2n) is 4.91. The molecule has 0 radical (unpaired) electrons. The van der Waals surface area contributed by atoms with Crippen LogP contribution in [0.25, 0.3) is 0 Å². The predicted molar refractivity (Wildman–Crippen MR) is 72.9 cm³/mol. The van der Waals surface area contributed by atoms with Crippen molar-refractivity contribution in [1.29, 1.82) is 0 Å². The van der Waals surface area contributed by atoms with E-state index in [1.807, 2.05) is 0 Å². The molecule has 1 aromatic rings. The average molecular weight is 280 g/mol. The second-order valence-corrected chi connectivity index (χ2v) is 4.91. The summed E-state index contributed by atoms with van der Waals surface area (Å²) in [7, 11) is 1.68. The van der Waals surface area contributed by atoms with E-state index in [0.717, 1.165) is 12.8 Å². The molecular formula is C13H20N4O3. The smallest absolute Gasteiger partial charge is 0.310 e. The number of anilines is 1. The third-order valence-electron chi connectivity index (χ3n) is 3.50. The Morgan fingerprint density at radius 2 is 2.30 bits per heavy atom. The van der Waals surface area contributed by atoms with Gasteiger partial charge in [0.1, 0.15) is 5.69 Å². The molecule has 1 unspecified atom stereocenters. The fourth-order valence-corrected chi connectivity index (χ4v) is 2.48. The first-order valence-electron chi connectivity index (χ1n) is 6.78. The highest BCUT2D eigenvalue weighted by Gasteiger charge is 2.31. The lowest BCUT2D eigenvalue weighted by Crippen LogP contribution is -2.43. The molecule has 20 heavy (non-hydrogen) atoms. The lowest BCUT2D eigenvalue weighted by Gasteiger charge is -2.31. The van der Waals surface area contributed by atoms with Crippen molar-refractivity contribution in [2.24, 2.45) is 13.0 Å². The molecule has 1 saturated heterocycles. The Kier molecular flexibility index (Phi) is 4.26. The van der Waals surface area contributed by atoms with Crippen LogP contribution in [-0.2, 0) is 16.6 Å².